The predicted molar refractivity (Wildman–Crippen MR) is 109 cm³/mol. The van der Waals surface area contributed by atoms with E-state index in [1.807, 2.05) is 16.3 Å². The van der Waals surface area contributed by atoms with Crippen molar-refractivity contribution in [3.05, 3.63) is 17.8 Å². The van der Waals surface area contributed by atoms with Gasteiger partial charge in [-0.1, -0.05) is 31.0 Å². The molecule has 2 aromatic rings. The SMILES string of the molecule is O=C(CSc1ncnc2sccc12)N(C1CCCCC1)C1CCS(=O)(=O)C1. The van der Waals surface area contributed by atoms with Gasteiger partial charge in [0.05, 0.1) is 17.3 Å². The Kier molecular flexibility index (Phi) is 5.70. The molecule has 6 nitrogen and oxygen atoms in total. The average molecular weight is 426 g/mol. The van der Waals surface area contributed by atoms with Crippen LogP contribution in [0, 0.1) is 0 Å². The first kappa shape index (κ1) is 19.1. The smallest absolute Gasteiger partial charge is 0.233 e. The largest absolute Gasteiger partial charge is 0.335 e. The Morgan fingerprint density at radius 1 is 1.19 bits per heavy atom. The van der Waals surface area contributed by atoms with Crippen molar-refractivity contribution in [2.75, 3.05) is 17.3 Å². The van der Waals surface area contributed by atoms with Crippen LogP contribution in [0.3, 0.4) is 0 Å². The Hall–Kier alpha value is -1.19. The summed E-state index contributed by atoms with van der Waals surface area (Å²) in [4.78, 5) is 24.6. The van der Waals surface area contributed by atoms with E-state index >= 15 is 0 Å². The Morgan fingerprint density at radius 3 is 2.74 bits per heavy atom. The summed E-state index contributed by atoms with van der Waals surface area (Å²) < 4.78 is 24.0. The third kappa shape index (κ3) is 4.30. The highest BCUT2D eigenvalue weighted by molar-refractivity contribution is 8.00. The Labute approximate surface area is 167 Å². The normalized spacial score (nSPS) is 22.9. The summed E-state index contributed by atoms with van der Waals surface area (Å²) in [5, 5.41) is 3.77. The monoisotopic (exact) mass is 425 g/mol. The molecule has 1 unspecified atom stereocenters. The summed E-state index contributed by atoms with van der Waals surface area (Å²) in [6.07, 6.45) is 7.49. The lowest BCUT2D eigenvalue weighted by atomic mass is 9.93. The molecule has 1 saturated carbocycles. The summed E-state index contributed by atoms with van der Waals surface area (Å²) in [6.45, 7) is 0. The van der Waals surface area contributed by atoms with Crippen molar-refractivity contribution < 1.29 is 13.2 Å². The van der Waals surface area contributed by atoms with Crippen molar-refractivity contribution in [1.82, 2.24) is 14.9 Å². The van der Waals surface area contributed by atoms with Gasteiger partial charge in [-0.25, -0.2) is 18.4 Å². The molecule has 0 spiro atoms. The van der Waals surface area contributed by atoms with Gasteiger partial charge in [0.15, 0.2) is 9.84 Å². The summed E-state index contributed by atoms with van der Waals surface area (Å²) in [7, 11) is -3.02. The number of thioether (sulfide) groups is 1. The Morgan fingerprint density at radius 2 is 2.00 bits per heavy atom. The van der Waals surface area contributed by atoms with Gasteiger partial charge in [-0.3, -0.25) is 4.79 Å². The molecule has 1 aliphatic heterocycles. The molecular formula is C18H23N3O3S3. The second kappa shape index (κ2) is 8.05. The van der Waals surface area contributed by atoms with Crippen molar-refractivity contribution in [2.45, 2.75) is 55.6 Å². The summed E-state index contributed by atoms with van der Waals surface area (Å²) in [5.41, 5.74) is 0. The average Bonchev–Trinajstić information content (AvgIpc) is 3.27. The highest BCUT2D eigenvalue weighted by atomic mass is 32.2. The van der Waals surface area contributed by atoms with Crippen molar-refractivity contribution in [1.29, 1.82) is 0 Å². The molecule has 27 heavy (non-hydrogen) atoms. The quantitative estimate of drug-likeness (QED) is 0.541. The summed E-state index contributed by atoms with van der Waals surface area (Å²) >= 11 is 2.99. The van der Waals surface area contributed by atoms with E-state index in [1.54, 1.807) is 11.3 Å². The molecule has 0 bridgehead atoms. The minimum Gasteiger partial charge on any atom is -0.335 e. The molecule has 0 radical (unpaired) electrons. The lowest BCUT2D eigenvalue weighted by Crippen LogP contribution is -2.49. The third-order valence-corrected chi connectivity index (χ3v) is 8.98. The van der Waals surface area contributed by atoms with E-state index in [-0.39, 0.29) is 35.2 Å². The van der Waals surface area contributed by atoms with E-state index in [0.717, 1.165) is 40.9 Å². The van der Waals surface area contributed by atoms with Gasteiger partial charge in [-0.05, 0) is 30.7 Å². The third-order valence-electron chi connectivity index (χ3n) is 5.42. The second-order valence-electron chi connectivity index (χ2n) is 7.26. The molecule has 2 aliphatic rings. The predicted octanol–water partition coefficient (Wildman–Crippen LogP) is 3.13. The molecule has 2 fully saturated rings. The van der Waals surface area contributed by atoms with E-state index in [0.29, 0.717) is 6.42 Å². The highest BCUT2D eigenvalue weighted by Gasteiger charge is 2.38. The Bertz CT molecular complexity index is 922. The van der Waals surface area contributed by atoms with Crippen LogP contribution in [0.4, 0.5) is 0 Å². The minimum atomic E-state index is -3.02. The van der Waals surface area contributed by atoms with Gasteiger partial charge in [-0.2, -0.15) is 0 Å². The zero-order valence-electron chi connectivity index (χ0n) is 15.0. The fourth-order valence-electron chi connectivity index (χ4n) is 4.15. The molecule has 9 heteroatoms. The standard InChI is InChI=1S/C18H23N3O3S3/c22-16(10-26-18-15-6-8-25-17(15)19-12-20-18)21(13-4-2-1-3-5-13)14-7-9-27(23,24)11-14/h6,8,12-14H,1-5,7,9-11H2. The van der Waals surface area contributed by atoms with Gasteiger partial charge in [0.1, 0.15) is 16.2 Å². The van der Waals surface area contributed by atoms with Crippen LogP contribution in [0.5, 0.6) is 0 Å². The zero-order chi connectivity index (χ0) is 18.9. The van der Waals surface area contributed by atoms with Crippen LogP contribution in [0.25, 0.3) is 10.2 Å². The number of aromatic nitrogens is 2. The maximum Gasteiger partial charge on any atom is 0.233 e. The van der Waals surface area contributed by atoms with E-state index in [2.05, 4.69) is 9.97 Å². The molecule has 0 aromatic carbocycles. The first-order valence-electron chi connectivity index (χ1n) is 9.36. The first-order chi connectivity index (χ1) is 13.0. The summed E-state index contributed by atoms with van der Waals surface area (Å²) in [6, 6.07) is 1.99. The zero-order valence-corrected chi connectivity index (χ0v) is 17.5. The minimum absolute atomic E-state index is 0.0380. The number of hydrogen-bond acceptors (Lipinski definition) is 7. The lowest BCUT2D eigenvalue weighted by molar-refractivity contribution is -0.133. The maximum absolute atomic E-state index is 13.2. The van der Waals surface area contributed by atoms with Gasteiger partial charge in [0.2, 0.25) is 5.91 Å². The van der Waals surface area contributed by atoms with Gasteiger partial charge < -0.3 is 4.90 Å². The van der Waals surface area contributed by atoms with E-state index in [4.69, 9.17) is 0 Å². The van der Waals surface area contributed by atoms with Gasteiger partial charge in [-0.15, -0.1) is 11.3 Å². The molecule has 146 valence electrons. The number of fused-ring (bicyclic) bond motifs is 1. The number of sulfone groups is 1. The number of amides is 1. The molecule has 1 atom stereocenters. The number of carbonyl (C=O) groups is 1. The van der Waals surface area contributed by atoms with Crippen molar-refractivity contribution in [2.24, 2.45) is 0 Å². The Balaban J connectivity index is 1.50. The molecule has 1 saturated heterocycles. The highest BCUT2D eigenvalue weighted by Crippen LogP contribution is 2.31. The number of rotatable bonds is 5. The molecule has 4 rings (SSSR count). The molecule has 0 N–H and O–H groups in total. The van der Waals surface area contributed by atoms with Gasteiger partial charge >= 0.3 is 0 Å². The van der Waals surface area contributed by atoms with E-state index in [9.17, 15) is 13.2 Å². The topological polar surface area (TPSA) is 80.2 Å². The first-order valence-corrected chi connectivity index (χ1v) is 13.0. The molecular weight excluding hydrogens is 402 g/mol. The van der Waals surface area contributed by atoms with E-state index in [1.165, 1.54) is 24.5 Å². The van der Waals surface area contributed by atoms with Gasteiger partial charge in [0, 0.05) is 17.5 Å². The second-order valence-corrected chi connectivity index (χ2v) is 11.3. The molecule has 2 aromatic heterocycles. The van der Waals surface area contributed by atoms with Crippen LogP contribution in [0.1, 0.15) is 38.5 Å². The van der Waals surface area contributed by atoms with Crippen LogP contribution in [0.2, 0.25) is 0 Å². The number of hydrogen-bond donors (Lipinski definition) is 0. The van der Waals surface area contributed by atoms with E-state index < -0.39 is 9.84 Å². The lowest BCUT2D eigenvalue weighted by Gasteiger charge is -2.38. The molecule has 1 amide bonds. The molecule has 1 aliphatic carbocycles. The van der Waals surface area contributed by atoms with Crippen molar-refractivity contribution in [3.63, 3.8) is 0 Å². The number of nitrogens with zero attached hydrogens (tertiary/aromatic N) is 3. The van der Waals surface area contributed by atoms with Gasteiger partial charge in [0.25, 0.3) is 0 Å². The summed E-state index contributed by atoms with van der Waals surface area (Å²) in [5.74, 6) is 0.635. The van der Waals surface area contributed by atoms with Crippen molar-refractivity contribution >= 4 is 49.1 Å². The fourth-order valence-corrected chi connectivity index (χ4v) is 7.51. The fraction of sp³-hybridized carbons (Fsp3) is 0.611. The molecule has 3 heterocycles. The van der Waals surface area contributed by atoms with Crippen LogP contribution >= 0.6 is 23.1 Å². The number of thiophene rings is 1. The van der Waals surface area contributed by atoms with Crippen LogP contribution in [0.15, 0.2) is 22.8 Å². The maximum atomic E-state index is 13.2. The number of carbonyl (C=O) groups excluding carboxylic acids is 1. The van der Waals surface area contributed by atoms with Crippen LogP contribution < -0.4 is 0 Å². The van der Waals surface area contributed by atoms with Crippen molar-refractivity contribution in [3.8, 4) is 0 Å². The van der Waals surface area contributed by atoms with Crippen LogP contribution in [-0.2, 0) is 14.6 Å². The van der Waals surface area contributed by atoms with Crippen LogP contribution in [-0.4, -0.2) is 58.5 Å².